The van der Waals surface area contributed by atoms with Crippen molar-refractivity contribution in [2.75, 3.05) is 13.2 Å². The van der Waals surface area contributed by atoms with E-state index < -0.39 is 11.5 Å². The van der Waals surface area contributed by atoms with Gasteiger partial charge in [0.2, 0.25) is 0 Å². The van der Waals surface area contributed by atoms with E-state index in [1.165, 1.54) is 0 Å². The molecule has 0 aliphatic heterocycles. The van der Waals surface area contributed by atoms with Crippen LogP contribution in [0.25, 0.3) is 6.08 Å². The summed E-state index contributed by atoms with van der Waals surface area (Å²) in [5, 5.41) is 2.53. The number of amides is 1. The van der Waals surface area contributed by atoms with Gasteiger partial charge in [0.15, 0.2) is 0 Å². The topological polar surface area (TPSA) is 64.6 Å². The summed E-state index contributed by atoms with van der Waals surface area (Å²) in [6.07, 6.45) is 1.81. The Morgan fingerprint density at radius 1 is 1.27 bits per heavy atom. The third-order valence-electron chi connectivity index (χ3n) is 3.37. The lowest BCUT2D eigenvalue weighted by atomic mass is 9.91. The molecule has 0 bridgehead atoms. The third kappa shape index (κ3) is 5.60. The highest BCUT2D eigenvalue weighted by molar-refractivity contribution is 5.75. The van der Waals surface area contributed by atoms with Crippen LogP contribution in [0.3, 0.4) is 0 Å². The molecule has 0 aliphatic rings. The van der Waals surface area contributed by atoms with Gasteiger partial charge in [-0.15, -0.1) is 0 Å². The predicted octanol–water partition coefficient (Wildman–Crippen LogP) is 3.40. The molecular formula is C17H23NO4. The van der Waals surface area contributed by atoms with E-state index in [0.29, 0.717) is 12.2 Å². The molecule has 0 saturated heterocycles. The molecule has 0 atom stereocenters. The molecule has 0 fully saturated rings. The van der Waals surface area contributed by atoms with Crippen LogP contribution in [-0.2, 0) is 9.53 Å². The molecule has 1 N–H and O–H groups in total. The van der Waals surface area contributed by atoms with E-state index in [1.54, 1.807) is 30.3 Å². The lowest BCUT2D eigenvalue weighted by Crippen LogP contribution is -2.33. The number of ether oxygens (including phenoxy) is 2. The number of esters is 1. The average Bonchev–Trinajstić information content (AvgIpc) is 2.52. The first-order chi connectivity index (χ1) is 10.4. The highest BCUT2D eigenvalue weighted by Crippen LogP contribution is 2.21. The van der Waals surface area contributed by atoms with E-state index in [4.69, 9.17) is 9.47 Å². The molecule has 5 nitrogen and oxygen atoms in total. The molecule has 0 spiro atoms. The van der Waals surface area contributed by atoms with Crippen molar-refractivity contribution in [2.24, 2.45) is 5.41 Å². The third-order valence-corrected chi connectivity index (χ3v) is 3.37. The summed E-state index contributed by atoms with van der Waals surface area (Å²) >= 11 is 0. The summed E-state index contributed by atoms with van der Waals surface area (Å²) in [4.78, 5) is 23.3. The van der Waals surface area contributed by atoms with Crippen molar-refractivity contribution in [3.8, 4) is 5.75 Å². The van der Waals surface area contributed by atoms with Gasteiger partial charge in [-0.25, -0.2) is 4.79 Å². The Balaban J connectivity index is 2.28. The summed E-state index contributed by atoms with van der Waals surface area (Å²) in [6.45, 7) is 9.54. The monoisotopic (exact) mass is 305 g/mol. The second-order valence-corrected chi connectivity index (χ2v) is 5.46. The summed E-state index contributed by atoms with van der Waals surface area (Å²) < 4.78 is 10.2. The van der Waals surface area contributed by atoms with Crippen LogP contribution in [0.15, 0.2) is 30.8 Å². The molecule has 0 aliphatic carbocycles. The summed E-state index contributed by atoms with van der Waals surface area (Å²) in [5.74, 6) is 0.164. The van der Waals surface area contributed by atoms with Gasteiger partial charge in [0.1, 0.15) is 12.4 Å². The smallest absolute Gasteiger partial charge is 0.412 e. The van der Waals surface area contributed by atoms with Gasteiger partial charge in [0.25, 0.3) is 0 Å². The highest BCUT2D eigenvalue weighted by atomic mass is 16.6. The number of rotatable bonds is 7. The number of benzene rings is 1. The maximum Gasteiger partial charge on any atom is 0.412 e. The summed E-state index contributed by atoms with van der Waals surface area (Å²) in [5.41, 5.74) is 0.436. The van der Waals surface area contributed by atoms with E-state index in [2.05, 4.69) is 11.9 Å². The van der Waals surface area contributed by atoms with Gasteiger partial charge in [-0.3, -0.25) is 4.79 Å². The maximum absolute atomic E-state index is 11.7. The van der Waals surface area contributed by atoms with Crippen LogP contribution in [0.5, 0.6) is 5.75 Å². The lowest BCUT2D eigenvalue weighted by Gasteiger charge is -2.20. The van der Waals surface area contributed by atoms with Crippen LogP contribution >= 0.6 is 0 Å². The fourth-order valence-corrected chi connectivity index (χ4v) is 1.45. The number of nitrogens with one attached hydrogen (secondary N) is 1. The van der Waals surface area contributed by atoms with Crippen molar-refractivity contribution in [2.45, 2.75) is 27.2 Å². The minimum absolute atomic E-state index is 0.118. The van der Waals surface area contributed by atoms with Crippen molar-refractivity contribution < 1.29 is 19.1 Å². The molecule has 1 amide bonds. The number of carbonyl (C=O) groups is 2. The minimum Gasteiger partial charge on any atom is -0.463 e. The number of hydrogen-bond acceptors (Lipinski definition) is 4. The van der Waals surface area contributed by atoms with Crippen molar-refractivity contribution >= 4 is 18.1 Å². The van der Waals surface area contributed by atoms with E-state index in [9.17, 15) is 9.59 Å². The van der Waals surface area contributed by atoms with Gasteiger partial charge in [-0.05, 0) is 38.0 Å². The Bertz CT molecular complexity index is 520. The quantitative estimate of drug-likeness (QED) is 0.619. The van der Waals surface area contributed by atoms with E-state index in [0.717, 1.165) is 5.56 Å². The minimum atomic E-state index is -0.586. The second kappa shape index (κ2) is 8.22. The van der Waals surface area contributed by atoms with E-state index in [-0.39, 0.29) is 19.1 Å². The molecule has 0 heterocycles. The lowest BCUT2D eigenvalue weighted by molar-refractivity contribution is -0.153. The van der Waals surface area contributed by atoms with Crippen LogP contribution in [0.1, 0.15) is 32.8 Å². The Kier molecular flexibility index (Phi) is 6.63. The van der Waals surface area contributed by atoms with Crippen LogP contribution in [0.4, 0.5) is 4.79 Å². The average molecular weight is 305 g/mol. The normalized spacial score (nSPS) is 10.7. The molecule has 1 aromatic rings. The molecule has 1 aromatic carbocycles. The van der Waals surface area contributed by atoms with Gasteiger partial charge in [-0.2, -0.15) is 0 Å². The van der Waals surface area contributed by atoms with Crippen molar-refractivity contribution in [3.63, 3.8) is 0 Å². The molecular weight excluding hydrogens is 282 g/mol. The first-order valence-electron chi connectivity index (χ1n) is 7.24. The van der Waals surface area contributed by atoms with Crippen LogP contribution in [0.2, 0.25) is 0 Å². The number of carbonyl (C=O) groups excluding carboxylic acids is 2. The predicted molar refractivity (Wildman–Crippen MR) is 85.6 cm³/mol. The number of hydrogen-bond donors (Lipinski definition) is 1. The van der Waals surface area contributed by atoms with Gasteiger partial charge < -0.3 is 14.8 Å². The maximum atomic E-state index is 11.7. The zero-order valence-electron chi connectivity index (χ0n) is 13.3. The fraction of sp³-hybridized carbons (Fsp3) is 0.412. The SMILES string of the molecule is C=Cc1ccc(OC(=O)NCCOC(=O)C(C)(C)CC)cc1. The molecule has 0 saturated carbocycles. The van der Waals surface area contributed by atoms with Gasteiger partial charge in [-0.1, -0.05) is 31.7 Å². The summed E-state index contributed by atoms with van der Waals surface area (Å²) in [6, 6.07) is 6.95. The molecule has 0 unspecified atom stereocenters. The fourth-order valence-electron chi connectivity index (χ4n) is 1.45. The molecule has 5 heteroatoms. The molecule has 0 radical (unpaired) electrons. The molecule has 1 rings (SSSR count). The highest BCUT2D eigenvalue weighted by Gasteiger charge is 2.26. The largest absolute Gasteiger partial charge is 0.463 e. The second-order valence-electron chi connectivity index (χ2n) is 5.46. The molecule has 0 aromatic heterocycles. The first-order valence-corrected chi connectivity index (χ1v) is 7.24. The van der Waals surface area contributed by atoms with Crippen LogP contribution < -0.4 is 10.1 Å². The zero-order valence-corrected chi connectivity index (χ0v) is 13.3. The Morgan fingerprint density at radius 2 is 1.91 bits per heavy atom. The van der Waals surface area contributed by atoms with Gasteiger partial charge >= 0.3 is 12.1 Å². The van der Waals surface area contributed by atoms with Crippen molar-refractivity contribution in [1.82, 2.24) is 5.32 Å². The van der Waals surface area contributed by atoms with Crippen molar-refractivity contribution in [3.05, 3.63) is 36.4 Å². The standard InChI is InChI=1S/C17H23NO4/c1-5-13-7-9-14(10-8-13)22-16(20)18-11-12-21-15(19)17(3,4)6-2/h5,7-10H,1,6,11-12H2,2-4H3,(H,18,20). The Morgan fingerprint density at radius 3 is 2.45 bits per heavy atom. The first kappa shape index (κ1) is 17.8. The van der Waals surface area contributed by atoms with Crippen molar-refractivity contribution in [1.29, 1.82) is 0 Å². The van der Waals surface area contributed by atoms with E-state index >= 15 is 0 Å². The Hall–Kier alpha value is -2.30. The van der Waals surface area contributed by atoms with Crippen LogP contribution in [-0.4, -0.2) is 25.2 Å². The van der Waals surface area contributed by atoms with Gasteiger partial charge in [0.05, 0.1) is 12.0 Å². The Labute approximate surface area is 131 Å². The van der Waals surface area contributed by atoms with Crippen LogP contribution in [0, 0.1) is 5.41 Å². The van der Waals surface area contributed by atoms with E-state index in [1.807, 2.05) is 20.8 Å². The van der Waals surface area contributed by atoms with Gasteiger partial charge in [0, 0.05) is 0 Å². The molecule has 22 heavy (non-hydrogen) atoms. The summed E-state index contributed by atoms with van der Waals surface area (Å²) in [7, 11) is 0. The zero-order chi connectivity index (χ0) is 16.6. The molecule has 120 valence electrons.